The van der Waals surface area contributed by atoms with Crippen LogP contribution in [0.25, 0.3) is 0 Å². The van der Waals surface area contributed by atoms with Gasteiger partial charge in [0.2, 0.25) is 11.7 Å². The average molecular weight is 344 g/mol. The lowest BCUT2D eigenvalue weighted by Crippen LogP contribution is -2.06. The van der Waals surface area contributed by atoms with E-state index >= 15 is 0 Å². The summed E-state index contributed by atoms with van der Waals surface area (Å²) < 4.78 is 1.24. The topological polar surface area (TPSA) is 81.1 Å². The first kappa shape index (κ1) is 18.5. The van der Waals surface area contributed by atoms with Crippen molar-refractivity contribution in [1.82, 2.24) is 9.78 Å². The van der Waals surface area contributed by atoms with Crippen LogP contribution in [0.2, 0.25) is 10.0 Å². The number of nitrogens with zero attached hydrogens (tertiary/aromatic N) is 2. The molecule has 0 unspecified atom stereocenters. The monoisotopic (exact) mass is 343 g/mol. The van der Waals surface area contributed by atoms with Gasteiger partial charge in [0.15, 0.2) is 0 Å². The Hall–Kier alpha value is -1.56. The fourth-order valence-electron chi connectivity index (χ4n) is 1.72. The van der Waals surface area contributed by atoms with Crippen molar-refractivity contribution in [1.29, 1.82) is 0 Å². The van der Waals surface area contributed by atoms with Crippen molar-refractivity contribution in [3.63, 3.8) is 0 Å². The Labute approximate surface area is 139 Å². The van der Waals surface area contributed by atoms with E-state index in [0.717, 1.165) is 0 Å². The van der Waals surface area contributed by atoms with E-state index in [-0.39, 0.29) is 27.8 Å². The molecule has 0 aliphatic rings. The predicted octanol–water partition coefficient (Wildman–Crippen LogP) is 3.33. The summed E-state index contributed by atoms with van der Waals surface area (Å²) in [6, 6.07) is 4.92. The van der Waals surface area contributed by atoms with Crippen molar-refractivity contribution >= 4 is 29.0 Å². The van der Waals surface area contributed by atoms with Gasteiger partial charge in [-0.2, -0.15) is 5.10 Å². The number of carbonyl (C=O) groups excluding carboxylic acids is 1. The smallest absolute Gasteiger partial charge is 0.220 e. The molecule has 5 nitrogen and oxygen atoms in total. The Kier molecular flexibility index (Phi) is 6.41. The Balaban J connectivity index is 0.000000541. The molecule has 1 aromatic heterocycles. The first-order valence-electron chi connectivity index (χ1n) is 6.63. The first-order chi connectivity index (χ1) is 10.1. The molecule has 1 aromatic carbocycles. The van der Waals surface area contributed by atoms with Gasteiger partial charge in [0, 0.05) is 17.6 Å². The zero-order valence-electron chi connectivity index (χ0n) is 12.9. The number of hydrogen-bond acceptors (Lipinski definition) is 4. The molecule has 2 aromatic rings. The number of halogens is 2. The van der Waals surface area contributed by atoms with Gasteiger partial charge in [0.25, 0.3) is 0 Å². The predicted molar refractivity (Wildman–Crippen MR) is 88.8 cm³/mol. The van der Waals surface area contributed by atoms with E-state index in [2.05, 4.69) is 5.10 Å². The van der Waals surface area contributed by atoms with E-state index < -0.39 is 0 Å². The third-order valence-electron chi connectivity index (χ3n) is 2.59. The average Bonchev–Trinajstić information content (AvgIpc) is 2.62. The van der Waals surface area contributed by atoms with Gasteiger partial charge < -0.3 is 10.8 Å². The quantitative estimate of drug-likeness (QED) is 0.819. The fraction of sp³-hybridized carbons (Fsp3) is 0.333. The molecule has 0 amide bonds. The van der Waals surface area contributed by atoms with Crippen LogP contribution < -0.4 is 5.73 Å². The van der Waals surface area contributed by atoms with E-state index in [1.165, 1.54) is 16.8 Å². The highest BCUT2D eigenvalue weighted by Gasteiger charge is 2.22. The first-order valence-corrected chi connectivity index (χ1v) is 7.38. The molecule has 120 valence electrons. The number of hydrogen-bond donors (Lipinski definition) is 2. The lowest BCUT2D eigenvalue weighted by molar-refractivity contribution is 0.103. The number of ketones is 1. The molecule has 7 heteroatoms. The van der Waals surface area contributed by atoms with Gasteiger partial charge in [0.05, 0.1) is 10.7 Å². The maximum atomic E-state index is 12.3. The molecule has 0 bridgehead atoms. The van der Waals surface area contributed by atoms with E-state index in [0.29, 0.717) is 16.8 Å². The number of benzene rings is 1. The highest BCUT2D eigenvalue weighted by atomic mass is 35.5. The van der Waals surface area contributed by atoms with Gasteiger partial charge in [0.1, 0.15) is 5.56 Å². The molecular formula is C15H19Cl2N3O2. The minimum atomic E-state index is -0.375. The highest BCUT2D eigenvalue weighted by Crippen LogP contribution is 2.28. The van der Waals surface area contributed by atoms with Crippen LogP contribution in [0.3, 0.4) is 0 Å². The van der Waals surface area contributed by atoms with Gasteiger partial charge in [-0.25, -0.2) is 4.68 Å². The van der Waals surface area contributed by atoms with Crippen LogP contribution in [0, 0.1) is 6.92 Å². The van der Waals surface area contributed by atoms with Crippen LogP contribution in [0.4, 0.5) is 0 Å². The summed E-state index contributed by atoms with van der Waals surface area (Å²) in [6.07, 6.45) is 0. The van der Waals surface area contributed by atoms with Crippen LogP contribution in [0.5, 0.6) is 5.88 Å². The van der Waals surface area contributed by atoms with E-state index in [1.807, 2.05) is 13.8 Å². The van der Waals surface area contributed by atoms with Crippen LogP contribution in [0.1, 0.15) is 35.5 Å². The zero-order valence-corrected chi connectivity index (χ0v) is 14.4. The second-order valence-electron chi connectivity index (χ2n) is 5.10. The van der Waals surface area contributed by atoms with Crippen LogP contribution in [-0.2, 0) is 7.05 Å². The normalized spacial score (nSPS) is 10.4. The van der Waals surface area contributed by atoms with Crippen molar-refractivity contribution in [2.45, 2.75) is 26.8 Å². The Bertz CT molecular complexity index is 679. The van der Waals surface area contributed by atoms with Gasteiger partial charge in [-0.15, -0.1) is 0 Å². The third-order valence-corrected chi connectivity index (χ3v) is 3.14. The summed E-state index contributed by atoms with van der Waals surface area (Å²) in [5.74, 6) is -0.553. The number of aryl methyl sites for hydroxylation is 2. The van der Waals surface area contributed by atoms with Gasteiger partial charge in [-0.1, -0.05) is 37.0 Å². The molecule has 2 rings (SSSR count). The summed E-state index contributed by atoms with van der Waals surface area (Å²) in [5, 5.41) is 14.5. The Morgan fingerprint density at radius 2 is 1.91 bits per heavy atom. The molecule has 0 spiro atoms. The van der Waals surface area contributed by atoms with E-state index in [9.17, 15) is 9.90 Å². The van der Waals surface area contributed by atoms with Gasteiger partial charge >= 0.3 is 0 Å². The zero-order chi connectivity index (χ0) is 17.0. The lowest BCUT2D eigenvalue weighted by atomic mass is 10.0. The SMILES string of the molecule is CC(C)N.Cc1nn(C)c(O)c1C(=O)c1ccc(Cl)cc1Cl. The molecule has 0 atom stereocenters. The number of rotatable bonds is 2. The lowest BCUT2D eigenvalue weighted by Gasteiger charge is -2.03. The number of nitrogens with two attached hydrogens (primary N) is 1. The van der Waals surface area contributed by atoms with Crippen LogP contribution >= 0.6 is 23.2 Å². The Morgan fingerprint density at radius 3 is 2.32 bits per heavy atom. The summed E-state index contributed by atoms with van der Waals surface area (Å²) in [5.41, 5.74) is 6.00. The molecule has 0 fully saturated rings. The Morgan fingerprint density at radius 1 is 1.36 bits per heavy atom. The van der Waals surface area contributed by atoms with E-state index in [4.69, 9.17) is 28.9 Å². The number of aromatic hydroxyl groups is 1. The molecule has 22 heavy (non-hydrogen) atoms. The molecule has 1 heterocycles. The fourth-order valence-corrected chi connectivity index (χ4v) is 2.21. The second-order valence-corrected chi connectivity index (χ2v) is 5.95. The van der Waals surface area contributed by atoms with Crippen molar-refractivity contribution in [3.8, 4) is 5.88 Å². The largest absolute Gasteiger partial charge is 0.493 e. The summed E-state index contributed by atoms with van der Waals surface area (Å²) in [6.45, 7) is 5.54. The minimum absolute atomic E-state index is 0.154. The summed E-state index contributed by atoms with van der Waals surface area (Å²) in [7, 11) is 1.56. The van der Waals surface area contributed by atoms with Crippen molar-refractivity contribution in [3.05, 3.63) is 45.1 Å². The molecule has 0 aliphatic carbocycles. The molecule has 0 aliphatic heterocycles. The van der Waals surface area contributed by atoms with Crippen LogP contribution in [0.15, 0.2) is 18.2 Å². The molecule has 0 saturated carbocycles. The van der Waals surface area contributed by atoms with E-state index in [1.54, 1.807) is 20.0 Å². The number of aromatic nitrogens is 2. The third kappa shape index (κ3) is 4.47. The van der Waals surface area contributed by atoms with Crippen LogP contribution in [-0.4, -0.2) is 26.7 Å². The standard InChI is InChI=1S/C12H10Cl2N2O2.C3H9N/c1-6-10(12(18)16(2)15-6)11(17)8-4-3-7(13)5-9(8)14;1-3(2)4/h3-5,18H,1-2H3;3H,4H2,1-2H3. The van der Waals surface area contributed by atoms with Crippen molar-refractivity contribution < 1.29 is 9.90 Å². The molecule has 0 saturated heterocycles. The number of carbonyl (C=O) groups is 1. The maximum absolute atomic E-state index is 12.3. The molecule has 3 N–H and O–H groups in total. The molecular weight excluding hydrogens is 325 g/mol. The summed E-state index contributed by atoms with van der Waals surface area (Å²) >= 11 is 11.7. The maximum Gasteiger partial charge on any atom is 0.220 e. The second kappa shape index (κ2) is 7.63. The molecule has 0 radical (unpaired) electrons. The summed E-state index contributed by atoms with van der Waals surface area (Å²) in [4.78, 5) is 12.3. The van der Waals surface area contributed by atoms with Gasteiger partial charge in [-0.05, 0) is 31.2 Å². The van der Waals surface area contributed by atoms with Crippen molar-refractivity contribution in [2.75, 3.05) is 0 Å². The highest BCUT2D eigenvalue weighted by molar-refractivity contribution is 6.37. The van der Waals surface area contributed by atoms with Gasteiger partial charge in [-0.3, -0.25) is 4.79 Å². The van der Waals surface area contributed by atoms with Crippen molar-refractivity contribution in [2.24, 2.45) is 12.8 Å². The minimum Gasteiger partial charge on any atom is -0.493 e.